The number of carbonyl (C=O) groups is 1. The molecule has 36 heavy (non-hydrogen) atoms. The fourth-order valence-corrected chi connectivity index (χ4v) is 4.39. The number of anilines is 1. The van der Waals surface area contributed by atoms with Crippen molar-refractivity contribution in [3.05, 3.63) is 92.8 Å². The van der Waals surface area contributed by atoms with Gasteiger partial charge in [-0.05, 0) is 68.1 Å². The Kier molecular flexibility index (Phi) is 7.01. The van der Waals surface area contributed by atoms with Crippen molar-refractivity contribution in [2.24, 2.45) is 0 Å². The molecule has 4 aromatic rings. The summed E-state index contributed by atoms with van der Waals surface area (Å²) in [4.78, 5) is 31.6. The van der Waals surface area contributed by atoms with Crippen LogP contribution in [0.3, 0.4) is 0 Å². The van der Waals surface area contributed by atoms with Crippen LogP contribution in [-0.2, 0) is 6.54 Å². The molecule has 0 aliphatic carbocycles. The van der Waals surface area contributed by atoms with Crippen molar-refractivity contribution in [2.45, 2.75) is 27.3 Å². The molecule has 1 heterocycles. The minimum atomic E-state index is -0.301. The average Bonchev–Trinajstić information content (AvgIpc) is 2.86. The molecule has 0 aliphatic rings. The van der Waals surface area contributed by atoms with Crippen LogP contribution in [0.25, 0.3) is 10.9 Å². The lowest BCUT2D eigenvalue weighted by Crippen LogP contribution is -2.33. The van der Waals surface area contributed by atoms with Crippen molar-refractivity contribution in [1.29, 1.82) is 0 Å². The van der Waals surface area contributed by atoms with Gasteiger partial charge in [0.05, 0.1) is 27.9 Å². The van der Waals surface area contributed by atoms with E-state index in [1.54, 1.807) is 17.0 Å². The van der Waals surface area contributed by atoms with E-state index in [4.69, 9.17) is 14.2 Å². The Morgan fingerprint density at radius 2 is 1.47 bits per heavy atom. The second kappa shape index (κ2) is 10.2. The fraction of sp³-hybridized carbons (Fsp3) is 0.241. The molecule has 1 amide bonds. The molecule has 7 nitrogen and oxygen atoms in total. The van der Waals surface area contributed by atoms with Gasteiger partial charge in [0.15, 0.2) is 11.5 Å². The molecule has 3 aromatic carbocycles. The van der Waals surface area contributed by atoms with Gasteiger partial charge in [0, 0.05) is 22.3 Å². The summed E-state index contributed by atoms with van der Waals surface area (Å²) >= 11 is 0. The van der Waals surface area contributed by atoms with Gasteiger partial charge in [0.1, 0.15) is 0 Å². The lowest BCUT2D eigenvalue weighted by Gasteiger charge is -2.26. The number of hydrogen-bond donors (Lipinski definition) is 1. The number of nitrogens with one attached hydrogen (secondary N) is 1. The highest BCUT2D eigenvalue weighted by atomic mass is 16.5. The third kappa shape index (κ3) is 4.77. The van der Waals surface area contributed by atoms with Gasteiger partial charge in [-0.25, -0.2) is 0 Å². The number of aromatic nitrogens is 1. The number of benzene rings is 3. The van der Waals surface area contributed by atoms with E-state index in [0.29, 0.717) is 34.1 Å². The number of rotatable bonds is 7. The van der Waals surface area contributed by atoms with E-state index in [1.807, 2.05) is 63.2 Å². The van der Waals surface area contributed by atoms with Crippen LogP contribution in [0.2, 0.25) is 0 Å². The normalized spacial score (nSPS) is 10.8. The molecule has 0 bridgehead atoms. The predicted molar refractivity (Wildman–Crippen MR) is 142 cm³/mol. The Labute approximate surface area is 210 Å². The van der Waals surface area contributed by atoms with Crippen molar-refractivity contribution in [1.82, 2.24) is 4.98 Å². The Hall–Kier alpha value is -4.26. The molecule has 0 aliphatic heterocycles. The SMILES string of the molecule is COc1cc(C(=O)N(Cc2cc3cc(C)ccc3[nH]c2=O)c2ccc(C)cc2C)cc(OC)c1OC. The largest absolute Gasteiger partial charge is 0.493 e. The van der Waals surface area contributed by atoms with Gasteiger partial charge >= 0.3 is 0 Å². The molecule has 0 saturated carbocycles. The van der Waals surface area contributed by atoms with Crippen molar-refractivity contribution in [3.8, 4) is 17.2 Å². The number of aryl methyl sites for hydroxylation is 3. The maximum Gasteiger partial charge on any atom is 0.258 e. The monoisotopic (exact) mass is 486 g/mol. The van der Waals surface area contributed by atoms with Crippen LogP contribution in [0, 0.1) is 20.8 Å². The van der Waals surface area contributed by atoms with Gasteiger partial charge in [-0.15, -0.1) is 0 Å². The molecule has 7 heteroatoms. The van der Waals surface area contributed by atoms with E-state index in [1.165, 1.54) is 21.3 Å². The number of amides is 1. The van der Waals surface area contributed by atoms with Crippen LogP contribution in [0.4, 0.5) is 5.69 Å². The number of aromatic amines is 1. The van der Waals surface area contributed by atoms with Crippen molar-refractivity contribution in [3.63, 3.8) is 0 Å². The van der Waals surface area contributed by atoms with Gasteiger partial charge in [-0.3, -0.25) is 9.59 Å². The number of hydrogen-bond acceptors (Lipinski definition) is 5. The van der Waals surface area contributed by atoms with E-state index in [-0.39, 0.29) is 18.0 Å². The smallest absolute Gasteiger partial charge is 0.258 e. The summed E-state index contributed by atoms with van der Waals surface area (Å²) in [5.74, 6) is 0.848. The molecule has 1 aromatic heterocycles. The van der Waals surface area contributed by atoms with Crippen molar-refractivity contribution >= 4 is 22.5 Å². The minimum absolute atomic E-state index is 0.0820. The third-order valence-corrected chi connectivity index (χ3v) is 6.21. The number of nitrogens with zero attached hydrogens (tertiary/aromatic N) is 1. The highest BCUT2D eigenvalue weighted by Gasteiger charge is 2.24. The molecule has 1 N–H and O–H groups in total. The van der Waals surface area contributed by atoms with Crippen molar-refractivity contribution in [2.75, 3.05) is 26.2 Å². The maximum atomic E-state index is 14.0. The Morgan fingerprint density at radius 3 is 2.08 bits per heavy atom. The number of ether oxygens (including phenoxy) is 3. The number of methoxy groups -OCH3 is 3. The average molecular weight is 487 g/mol. The number of carbonyl (C=O) groups excluding carboxylic acids is 1. The molecule has 186 valence electrons. The first-order valence-electron chi connectivity index (χ1n) is 11.6. The molecule has 0 fully saturated rings. The topological polar surface area (TPSA) is 80.9 Å². The molecule has 0 saturated heterocycles. The zero-order valence-electron chi connectivity index (χ0n) is 21.4. The second-order valence-electron chi connectivity index (χ2n) is 8.81. The van der Waals surface area contributed by atoms with Gasteiger partial charge in [-0.2, -0.15) is 0 Å². The van der Waals surface area contributed by atoms with Crippen LogP contribution in [0.1, 0.15) is 32.6 Å². The van der Waals surface area contributed by atoms with E-state index in [0.717, 1.165) is 27.6 Å². The first-order chi connectivity index (χ1) is 17.2. The second-order valence-corrected chi connectivity index (χ2v) is 8.81. The van der Waals surface area contributed by atoms with Crippen LogP contribution in [0.15, 0.2) is 59.4 Å². The third-order valence-electron chi connectivity index (χ3n) is 6.21. The lowest BCUT2D eigenvalue weighted by atomic mass is 10.1. The fourth-order valence-electron chi connectivity index (χ4n) is 4.39. The molecular weight excluding hydrogens is 456 g/mol. The molecule has 0 unspecified atom stereocenters. The summed E-state index contributed by atoms with van der Waals surface area (Å²) in [6.07, 6.45) is 0. The molecule has 4 rings (SSSR count). The first-order valence-corrected chi connectivity index (χ1v) is 11.6. The Balaban J connectivity index is 1.86. The highest BCUT2D eigenvalue weighted by molar-refractivity contribution is 6.07. The molecule has 0 atom stereocenters. The minimum Gasteiger partial charge on any atom is -0.493 e. The molecule has 0 spiro atoms. The van der Waals surface area contributed by atoms with E-state index in [2.05, 4.69) is 4.98 Å². The van der Waals surface area contributed by atoms with Gasteiger partial charge in [0.25, 0.3) is 11.5 Å². The van der Waals surface area contributed by atoms with Crippen LogP contribution in [0.5, 0.6) is 17.2 Å². The molecule has 0 radical (unpaired) electrons. The number of fused-ring (bicyclic) bond motifs is 1. The Morgan fingerprint density at radius 1 is 0.833 bits per heavy atom. The highest BCUT2D eigenvalue weighted by Crippen LogP contribution is 2.39. The van der Waals surface area contributed by atoms with Gasteiger partial charge < -0.3 is 24.1 Å². The van der Waals surface area contributed by atoms with Gasteiger partial charge in [0.2, 0.25) is 5.75 Å². The maximum absolute atomic E-state index is 14.0. The summed E-state index contributed by atoms with van der Waals surface area (Å²) in [6, 6.07) is 16.8. The first kappa shape index (κ1) is 24.9. The number of pyridine rings is 1. The summed E-state index contributed by atoms with van der Waals surface area (Å²) in [6.45, 7) is 6.03. The lowest BCUT2D eigenvalue weighted by molar-refractivity contribution is 0.0984. The Bertz CT molecular complexity index is 1480. The summed E-state index contributed by atoms with van der Waals surface area (Å²) in [5.41, 5.74) is 5.14. The van der Waals surface area contributed by atoms with E-state index < -0.39 is 0 Å². The van der Waals surface area contributed by atoms with Crippen LogP contribution >= 0.6 is 0 Å². The van der Waals surface area contributed by atoms with Crippen LogP contribution in [-0.4, -0.2) is 32.2 Å². The summed E-state index contributed by atoms with van der Waals surface area (Å²) in [5, 5.41) is 0.908. The zero-order chi connectivity index (χ0) is 26.0. The summed E-state index contributed by atoms with van der Waals surface area (Å²) in [7, 11) is 4.52. The van der Waals surface area contributed by atoms with Crippen molar-refractivity contribution < 1.29 is 19.0 Å². The quantitative estimate of drug-likeness (QED) is 0.382. The molecular formula is C29H30N2O5. The number of H-pyrrole nitrogens is 1. The van der Waals surface area contributed by atoms with Crippen LogP contribution < -0.4 is 24.7 Å². The predicted octanol–water partition coefficient (Wildman–Crippen LogP) is 5.33. The van der Waals surface area contributed by atoms with E-state index >= 15 is 0 Å². The van der Waals surface area contributed by atoms with Gasteiger partial charge in [-0.1, -0.05) is 29.3 Å². The summed E-state index contributed by atoms with van der Waals surface area (Å²) < 4.78 is 16.3. The standard InChI is InChI=1S/C29H30N2O5/c1-17-8-10-24(19(3)11-17)31(16-22-13-20-12-18(2)7-9-23(20)30-28(22)32)29(33)21-14-25(34-4)27(36-6)26(15-21)35-5/h7-15H,16H2,1-6H3,(H,30,32). The van der Waals surface area contributed by atoms with E-state index in [9.17, 15) is 9.59 Å². The zero-order valence-corrected chi connectivity index (χ0v) is 21.4.